The number of halogens is 4. The smallest absolute Gasteiger partial charge is 0.306 e. The van der Waals surface area contributed by atoms with E-state index in [0.717, 1.165) is 0 Å². The van der Waals surface area contributed by atoms with E-state index in [-0.39, 0.29) is 11.3 Å². The summed E-state index contributed by atoms with van der Waals surface area (Å²) in [4.78, 5) is 0. The predicted molar refractivity (Wildman–Crippen MR) is 74.9 cm³/mol. The van der Waals surface area contributed by atoms with Crippen molar-refractivity contribution in [3.05, 3.63) is 65.5 Å². The Morgan fingerprint density at radius 3 is 2.35 bits per heavy atom. The minimum atomic E-state index is -3.17. The van der Waals surface area contributed by atoms with Crippen molar-refractivity contribution in [1.82, 2.24) is 0 Å². The van der Waals surface area contributed by atoms with Gasteiger partial charge in [0, 0.05) is 16.5 Å². The van der Waals surface area contributed by atoms with Crippen LogP contribution in [0.5, 0.6) is 5.75 Å². The zero-order chi connectivity index (χ0) is 14.6. The number of alkyl halides is 3. The molecule has 0 bridgehead atoms. The van der Waals surface area contributed by atoms with Crippen molar-refractivity contribution < 1.29 is 17.9 Å². The van der Waals surface area contributed by atoms with Crippen molar-refractivity contribution in [2.75, 3.05) is 6.61 Å². The van der Waals surface area contributed by atoms with Gasteiger partial charge in [-0.1, -0.05) is 58.4 Å². The lowest BCUT2D eigenvalue weighted by molar-refractivity contribution is -0.0477. The second-order valence-electron chi connectivity index (χ2n) is 4.22. The fourth-order valence-electron chi connectivity index (χ4n) is 1.75. The van der Waals surface area contributed by atoms with E-state index in [1.165, 1.54) is 36.4 Å². The summed E-state index contributed by atoms with van der Waals surface area (Å²) < 4.78 is 46.5. The second kappa shape index (κ2) is 6.31. The SMILES string of the molecule is Fc1cccc(CBr)c1OCC(F)(F)c1ccccc1. The maximum Gasteiger partial charge on any atom is 0.306 e. The standard InChI is InChI=1S/C15H12BrF3O/c16-9-11-5-4-8-13(17)14(11)20-10-15(18,19)12-6-2-1-3-7-12/h1-8H,9-10H2. The van der Waals surface area contributed by atoms with Gasteiger partial charge in [0.2, 0.25) is 0 Å². The molecule has 0 amide bonds. The minimum Gasteiger partial charge on any atom is -0.484 e. The van der Waals surface area contributed by atoms with Crippen LogP contribution in [-0.2, 0) is 11.3 Å². The van der Waals surface area contributed by atoms with Crippen LogP contribution in [0, 0.1) is 5.82 Å². The van der Waals surface area contributed by atoms with Gasteiger partial charge in [0.15, 0.2) is 18.2 Å². The lowest BCUT2D eigenvalue weighted by atomic mass is 10.1. The summed E-state index contributed by atoms with van der Waals surface area (Å²) in [6, 6.07) is 11.6. The first-order valence-corrected chi connectivity index (χ1v) is 7.06. The highest BCUT2D eigenvalue weighted by molar-refractivity contribution is 9.08. The normalized spacial score (nSPS) is 11.4. The van der Waals surface area contributed by atoms with Crippen molar-refractivity contribution in [3.8, 4) is 5.75 Å². The van der Waals surface area contributed by atoms with Crippen molar-refractivity contribution in [2.45, 2.75) is 11.3 Å². The van der Waals surface area contributed by atoms with E-state index in [0.29, 0.717) is 10.9 Å². The van der Waals surface area contributed by atoms with Gasteiger partial charge in [-0.15, -0.1) is 0 Å². The molecule has 0 radical (unpaired) electrons. The largest absolute Gasteiger partial charge is 0.484 e. The van der Waals surface area contributed by atoms with Gasteiger partial charge in [-0.3, -0.25) is 0 Å². The monoisotopic (exact) mass is 344 g/mol. The molecule has 0 aliphatic rings. The third-order valence-corrected chi connectivity index (χ3v) is 3.39. The maximum absolute atomic E-state index is 13.9. The number of ether oxygens (including phenoxy) is 1. The summed E-state index contributed by atoms with van der Waals surface area (Å²) >= 11 is 3.17. The van der Waals surface area contributed by atoms with Crippen LogP contribution in [0.2, 0.25) is 0 Å². The molecule has 0 heterocycles. The lowest BCUT2D eigenvalue weighted by Crippen LogP contribution is -2.23. The molecule has 0 saturated heterocycles. The molecule has 0 saturated carbocycles. The van der Waals surface area contributed by atoms with E-state index in [1.807, 2.05) is 0 Å². The highest BCUT2D eigenvalue weighted by Gasteiger charge is 2.33. The summed E-state index contributed by atoms with van der Waals surface area (Å²) in [5, 5.41) is 0.330. The van der Waals surface area contributed by atoms with Crippen molar-refractivity contribution in [3.63, 3.8) is 0 Å². The molecule has 5 heteroatoms. The number of benzene rings is 2. The Kier molecular flexibility index (Phi) is 4.70. The summed E-state index contributed by atoms with van der Waals surface area (Å²) in [5.74, 6) is -3.96. The predicted octanol–water partition coefficient (Wildman–Crippen LogP) is 4.89. The number of para-hydroxylation sites is 1. The van der Waals surface area contributed by atoms with Gasteiger partial charge in [0.25, 0.3) is 0 Å². The van der Waals surface area contributed by atoms with Crippen LogP contribution in [0.1, 0.15) is 11.1 Å². The van der Waals surface area contributed by atoms with Crippen molar-refractivity contribution in [2.24, 2.45) is 0 Å². The molecule has 0 N–H and O–H groups in total. The van der Waals surface area contributed by atoms with Crippen molar-refractivity contribution >= 4 is 15.9 Å². The summed E-state index contributed by atoms with van der Waals surface area (Å²) in [7, 11) is 0. The zero-order valence-electron chi connectivity index (χ0n) is 10.5. The van der Waals surface area contributed by atoms with E-state index in [1.54, 1.807) is 12.1 Å². The highest BCUT2D eigenvalue weighted by Crippen LogP contribution is 2.31. The van der Waals surface area contributed by atoms with Crippen LogP contribution in [-0.4, -0.2) is 6.61 Å². The van der Waals surface area contributed by atoms with E-state index in [2.05, 4.69) is 15.9 Å². The van der Waals surface area contributed by atoms with E-state index >= 15 is 0 Å². The molecule has 2 rings (SSSR count). The third-order valence-electron chi connectivity index (χ3n) is 2.79. The molecule has 20 heavy (non-hydrogen) atoms. The van der Waals surface area contributed by atoms with E-state index < -0.39 is 18.3 Å². The molecule has 0 fully saturated rings. The van der Waals surface area contributed by atoms with Crippen molar-refractivity contribution in [1.29, 1.82) is 0 Å². The topological polar surface area (TPSA) is 9.23 Å². The number of rotatable bonds is 5. The Labute approximate surface area is 123 Å². The van der Waals surface area contributed by atoms with Gasteiger partial charge < -0.3 is 4.74 Å². The van der Waals surface area contributed by atoms with Crippen LogP contribution < -0.4 is 4.74 Å². The molecule has 1 nitrogen and oxygen atoms in total. The molecule has 0 unspecified atom stereocenters. The molecule has 2 aromatic rings. The van der Waals surface area contributed by atoms with Crippen LogP contribution in [0.4, 0.5) is 13.2 Å². The summed E-state index contributed by atoms with van der Waals surface area (Å²) in [5.41, 5.74) is 0.339. The Morgan fingerprint density at radius 1 is 1.00 bits per heavy atom. The first-order valence-electron chi connectivity index (χ1n) is 5.94. The molecular weight excluding hydrogens is 333 g/mol. The summed E-state index contributed by atoms with van der Waals surface area (Å²) in [6.45, 7) is -0.905. The van der Waals surface area contributed by atoms with E-state index in [4.69, 9.17) is 4.74 Å². The maximum atomic E-state index is 13.9. The lowest BCUT2D eigenvalue weighted by Gasteiger charge is -2.18. The number of hydrogen-bond donors (Lipinski definition) is 0. The second-order valence-corrected chi connectivity index (χ2v) is 4.78. The number of hydrogen-bond acceptors (Lipinski definition) is 1. The highest BCUT2D eigenvalue weighted by atomic mass is 79.9. The van der Waals surface area contributed by atoms with Crippen LogP contribution in [0.15, 0.2) is 48.5 Å². The van der Waals surface area contributed by atoms with Gasteiger partial charge >= 0.3 is 5.92 Å². The molecule has 0 aromatic heterocycles. The molecular formula is C15H12BrF3O. The molecule has 0 aliphatic carbocycles. The fourth-order valence-corrected chi connectivity index (χ4v) is 2.19. The average Bonchev–Trinajstić information content (AvgIpc) is 2.46. The first kappa shape index (κ1) is 14.9. The molecule has 0 atom stereocenters. The molecule has 0 aliphatic heterocycles. The Morgan fingerprint density at radius 2 is 1.70 bits per heavy atom. The third kappa shape index (κ3) is 3.33. The van der Waals surface area contributed by atoms with Gasteiger partial charge in [-0.25, -0.2) is 4.39 Å². The molecule has 106 valence electrons. The molecule has 0 spiro atoms. The van der Waals surface area contributed by atoms with Gasteiger partial charge in [0.1, 0.15) is 0 Å². The van der Waals surface area contributed by atoms with Crippen LogP contribution in [0.3, 0.4) is 0 Å². The van der Waals surface area contributed by atoms with Crippen LogP contribution in [0.25, 0.3) is 0 Å². The zero-order valence-corrected chi connectivity index (χ0v) is 12.0. The van der Waals surface area contributed by atoms with Gasteiger partial charge in [-0.2, -0.15) is 8.78 Å². The Hall–Kier alpha value is -1.49. The Balaban J connectivity index is 2.17. The van der Waals surface area contributed by atoms with Gasteiger partial charge in [-0.05, 0) is 6.07 Å². The molecule has 2 aromatic carbocycles. The quantitative estimate of drug-likeness (QED) is 0.701. The van der Waals surface area contributed by atoms with Gasteiger partial charge in [0.05, 0.1) is 0 Å². The fraction of sp³-hybridized carbons (Fsp3) is 0.200. The van der Waals surface area contributed by atoms with Crippen LogP contribution >= 0.6 is 15.9 Å². The average molecular weight is 345 g/mol. The minimum absolute atomic E-state index is 0.139. The first-order chi connectivity index (χ1) is 9.54. The Bertz CT molecular complexity index is 573. The summed E-state index contributed by atoms with van der Waals surface area (Å²) in [6.07, 6.45) is 0. The van der Waals surface area contributed by atoms with E-state index in [9.17, 15) is 13.2 Å².